The summed E-state index contributed by atoms with van der Waals surface area (Å²) < 4.78 is 24.7. The van der Waals surface area contributed by atoms with E-state index in [1.807, 2.05) is 0 Å². The van der Waals surface area contributed by atoms with Crippen molar-refractivity contribution in [1.29, 1.82) is 0 Å². The van der Waals surface area contributed by atoms with Crippen LogP contribution in [0.2, 0.25) is 10.0 Å². The lowest BCUT2D eigenvalue weighted by Gasteiger charge is -2.15. The Hall–Kier alpha value is -3.26. The van der Waals surface area contributed by atoms with Crippen molar-refractivity contribution in [3.05, 3.63) is 70.2 Å². The van der Waals surface area contributed by atoms with Gasteiger partial charge in [-0.1, -0.05) is 56.1 Å². The third-order valence-corrected chi connectivity index (χ3v) is 6.02. The van der Waals surface area contributed by atoms with Gasteiger partial charge in [0.1, 0.15) is 18.1 Å². The average molecular weight is 529 g/mol. The first-order valence-electron chi connectivity index (χ1n) is 11.0. The minimum absolute atomic E-state index is 0.0288. The van der Waals surface area contributed by atoms with Crippen molar-refractivity contribution in [1.82, 2.24) is 4.98 Å². The van der Waals surface area contributed by atoms with Crippen molar-refractivity contribution >= 4 is 51.7 Å². The topological polar surface area (TPSA) is 81.4 Å². The van der Waals surface area contributed by atoms with Gasteiger partial charge in [0.15, 0.2) is 5.76 Å². The summed E-state index contributed by atoms with van der Waals surface area (Å²) in [6.07, 6.45) is 0. The molecule has 1 N–H and O–H groups in total. The first-order valence-corrected chi connectivity index (χ1v) is 11.8. The number of nitrogens with one attached hydrogen (secondary N) is 1. The Bertz CT molecular complexity index is 1470. The van der Waals surface area contributed by atoms with Gasteiger partial charge in [-0.25, -0.2) is 9.37 Å². The van der Waals surface area contributed by atoms with Crippen LogP contribution in [-0.4, -0.2) is 30.4 Å². The smallest absolute Gasteiger partial charge is 0.250 e. The molecule has 9 heteroatoms. The van der Waals surface area contributed by atoms with E-state index in [4.69, 9.17) is 37.3 Å². The Kier molecular flexibility index (Phi) is 7.18. The number of rotatable bonds is 6. The number of ether oxygens (including phenoxy) is 1. The number of carbonyl (C=O) groups is 2. The van der Waals surface area contributed by atoms with Crippen molar-refractivity contribution in [3.8, 4) is 22.4 Å². The predicted molar refractivity (Wildman–Crippen MR) is 139 cm³/mol. The Morgan fingerprint density at radius 1 is 1.06 bits per heavy atom. The van der Waals surface area contributed by atoms with Gasteiger partial charge in [0.2, 0.25) is 17.4 Å². The maximum absolute atomic E-state index is 13.8. The molecule has 4 rings (SSSR count). The first kappa shape index (κ1) is 25.8. The van der Waals surface area contributed by atoms with Crippen molar-refractivity contribution in [2.75, 3.05) is 19.0 Å². The number of furan rings is 1. The van der Waals surface area contributed by atoms with Gasteiger partial charge >= 0.3 is 0 Å². The number of anilines is 1. The molecule has 1 amide bonds. The number of fused-ring (bicyclic) bond motifs is 1. The Morgan fingerprint density at radius 3 is 2.36 bits per heavy atom. The van der Waals surface area contributed by atoms with E-state index in [0.717, 1.165) is 5.56 Å². The summed E-state index contributed by atoms with van der Waals surface area (Å²) in [6, 6.07) is 12.8. The molecule has 36 heavy (non-hydrogen) atoms. The summed E-state index contributed by atoms with van der Waals surface area (Å²) in [5.74, 6) is -1.29. The number of carbonyl (C=O) groups excluding carboxylic acids is 2. The zero-order valence-electron chi connectivity index (χ0n) is 20.0. The molecule has 0 spiro atoms. The highest BCUT2D eigenvalue weighted by molar-refractivity contribution is 6.33. The number of Topliss-reactive ketones (excluding diaryl/α,β-unsaturated/α-hetero) is 1. The molecule has 186 valence electrons. The molecule has 0 aliphatic carbocycles. The standard InChI is InChI=1S/C27H23Cl2FN2O4/c1-27(2,3)25(34)24-23(31-21(33)13-35-4)19-12-18(14-5-7-15(28)8-6-14)22(32-26(19)36-24)17-10-9-16(30)11-20(17)29/h5-12H,13H2,1-4H3,(H,31,33). The molecule has 2 heterocycles. The zero-order valence-corrected chi connectivity index (χ0v) is 21.6. The molecule has 0 saturated carbocycles. The molecule has 0 aliphatic heterocycles. The van der Waals surface area contributed by atoms with Crippen LogP contribution in [0.1, 0.15) is 31.3 Å². The Balaban J connectivity index is 2.05. The number of amides is 1. The minimum Gasteiger partial charge on any atom is -0.432 e. The van der Waals surface area contributed by atoms with E-state index < -0.39 is 17.1 Å². The Labute approximate surface area is 217 Å². The van der Waals surface area contributed by atoms with Crippen molar-refractivity contribution in [2.24, 2.45) is 5.41 Å². The van der Waals surface area contributed by atoms with Gasteiger partial charge in [-0.2, -0.15) is 0 Å². The van der Waals surface area contributed by atoms with Crippen LogP contribution in [0.25, 0.3) is 33.5 Å². The number of halogens is 3. The molecule has 2 aromatic carbocycles. The van der Waals surface area contributed by atoms with Gasteiger partial charge < -0.3 is 14.5 Å². The molecule has 4 aromatic rings. The van der Waals surface area contributed by atoms with Gasteiger partial charge in [0.25, 0.3) is 0 Å². The van der Waals surface area contributed by atoms with E-state index in [1.54, 1.807) is 51.1 Å². The van der Waals surface area contributed by atoms with E-state index >= 15 is 0 Å². The minimum atomic E-state index is -0.795. The second kappa shape index (κ2) is 10.0. The van der Waals surface area contributed by atoms with Gasteiger partial charge in [0, 0.05) is 28.7 Å². The summed E-state index contributed by atoms with van der Waals surface area (Å²) in [7, 11) is 1.40. The van der Waals surface area contributed by atoms with Crippen LogP contribution in [0.3, 0.4) is 0 Å². The quantitative estimate of drug-likeness (QED) is 0.263. The maximum Gasteiger partial charge on any atom is 0.250 e. The van der Waals surface area contributed by atoms with E-state index in [1.165, 1.54) is 25.3 Å². The third kappa shape index (κ3) is 5.14. The summed E-state index contributed by atoms with van der Waals surface area (Å²) >= 11 is 12.5. The largest absolute Gasteiger partial charge is 0.432 e. The number of nitrogens with zero attached hydrogens (tertiary/aromatic N) is 1. The maximum atomic E-state index is 13.8. The first-order chi connectivity index (χ1) is 17.0. The van der Waals surface area contributed by atoms with Gasteiger partial charge in [0.05, 0.1) is 16.1 Å². The fourth-order valence-electron chi connectivity index (χ4n) is 3.69. The molecule has 0 unspecified atom stereocenters. The number of ketones is 1. The van der Waals surface area contributed by atoms with Crippen LogP contribution in [0, 0.1) is 11.2 Å². The van der Waals surface area contributed by atoms with Gasteiger partial charge in [-0.3, -0.25) is 9.59 Å². The summed E-state index contributed by atoms with van der Waals surface area (Å²) in [6.45, 7) is 5.04. The van der Waals surface area contributed by atoms with Gasteiger partial charge in [-0.05, 0) is 42.0 Å². The summed E-state index contributed by atoms with van der Waals surface area (Å²) in [5, 5.41) is 3.85. The number of hydrogen-bond acceptors (Lipinski definition) is 5. The number of pyridine rings is 1. The lowest BCUT2D eigenvalue weighted by atomic mass is 9.88. The Morgan fingerprint density at radius 2 is 1.75 bits per heavy atom. The zero-order chi connectivity index (χ0) is 26.2. The highest BCUT2D eigenvalue weighted by Crippen LogP contribution is 2.41. The molecule has 0 fully saturated rings. The number of aromatic nitrogens is 1. The monoisotopic (exact) mass is 528 g/mol. The molecular formula is C27H23Cl2FN2O4. The van der Waals surface area contributed by atoms with Gasteiger partial charge in [-0.15, -0.1) is 0 Å². The lowest BCUT2D eigenvalue weighted by molar-refractivity contribution is -0.119. The van der Waals surface area contributed by atoms with Crippen molar-refractivity contribution < 1.29 is 23.1 Å². The lowest BCUT2D eigenvalue weighted by Crippen LogP contribution is -2.23. The highest BCUT2D eigenvalue weighted by Gasteiger charge is 2.32. The molecule has 6 nitrogen and oxygen atoms in total. The molecule has 0 saturated heterocycles. The number of hydrogen-bond donors (Lipinski definition) is 1. The molecule has 0 aliphatic rings. The van der Waals surface area contributed by atoms with E-state index in [2.05, 4.69) is 5.32 Å². The predicted octanol–water partition coefficient (Wildman–Crippen LogP) is 7.42. The average Bonchev–Trinajstić information content (AvgIpc) is 3.15. The van der Waals surface area contributed by atoms with Crippen LogP contribution in [0.4, 0.5) is 10.1 Å². The SMILES string of the molecule is COCC(=O)Nc1c(C(=O)C(C)(C)C)oc2nc(-c3ccc(F)cc3Cl)c(-c3ccc(Cl)cc3)cc12. The van der Waals surface area contributed by atoms with Crippen molar-refractivity contribution in [3.63, 3.8) is 0 Å². The molecule has 0 bridgehead atoms. The highest BCUT2D eigenvalue weighted by atomic mass is 35.5. The van der Waals surface area contributed by atoms with E-state index in [-0.39, 0.29) is 34.6 Å². The second-order valence-corrected chi connectivity index (χ2v) is 10.1. The summed E-state index contributed by atoms with van der Waals surface area (Å²) in [4.78, 5) is 30.4. The van der Waals surface area contributed by atoms with Crippen LogP contribution in [-0.2, 0) is 9.53 Å². The molecule has 0 atom stereocenters. The van der Waals surface area contributed by atoms with Crippen LogP contribution < -0.4 is 5.32 Å². The third-order valence-electron chi connectivity index (χ3n) is 5.45. The van der Waals surface area contributed by atoms with Crippen LogP contribution in [0.15, 0.2) is 52.9 Å². The van der Waals surface area contributed by atoms with Crippen molar-refractivity contribution in [2.45, 2.75) is 20.8 Å². The summed E-state index contributed by atoms with van der Waals surface area (Å²) in [5.41, 5.74) is 1.75. The number of methoxy groups -OCH3 is 1. The van der Waals surface area contributed by atoms with Crippen LogP contribution in [0.5, 0.6) is 0 Å². The van der Waals surface area contributed by atoms with Crippen LogP contribution >= 0.6 is 23.2 Å². The normalized spacial score (nSPS) is 11.6. The molecule has 0 radical (unpaired) electrons. The van der Waals surface area contributed by atoms with E-state index in [0.29, 0.717) is 27.2 Å². The second-order valence-electron chi connectivity index (χ2n) is 9.23. The fraction of sp³-hybridized carbons (Fsp3) is 0.222. The fourth-order valence-corrected chi connectivity index (χ4v) is 4.07. The molecular weight excluding hydrogens is 506 g/mol. The molecule has 2 aromatic heterocycles. The number of benzene rings is 2. The van der Waals surface area contributed by atoms with E-state index in [9.17, 15) is 14.0 Å².